The summed E-state index contributed by atoms with van der Waals surface area (Å²) in [6, 6.07) is 8.44. The van der Waals surface area contributed by atoms with Crippen molar-refractivity contribution in [3.05, 3.63) is 51.6 Å². The number of aromatic nitrogens is 5. The number of nitrogens with one attached hydrogen (secondary N) is 2. The Balaban J connectivity index is 1.64. The van der Waals surface area contributed by atoms with Crippen molar-refractivity contribution in [1.82, 2.24) is 25.2 Å². The van der Waals surface area contributed by atoms with Crippen molar-refractivity contribution in [1.29, 1.82) is 0 Å². The van der Waals surface area contributed by atoms with E-state index >= 15 is 0 Å². The van der Waals surface area contributed by atoms with Gasteiger partial charge >= 0.3 is 0 Å². The van der Waals surface area contributed by atoms with Crippen LogP contribution in [0.3, 0.4) is 0 Å². The highest BCUT2D eigenvalue weighted by Crippen LogP contribution is 2.30. The van der Waals surface area contributed by atoms with Crippen LogP contribution < -0.4 is 10.5 Å². The van der Waals surface area contributed by atoms with Gasteiger partial charge in [0.25, 0.3) is 5.56 Å². The molecule has 1 saturated carbocycles. The molecule has 1 aromatic carbocycles. The van der Waals surface area contributed by atoms with Crippen LogP contribution in [-0.2, 0) is 0 Å². The van der Waals surface area contributed by atoms with E-state index in [9.17, 15) is 4.79 Å². The lowest BCUT2D eigenvalue weighted by atomic mass is 9.95. The third-order valence-electron chi connectivity index (χ3n) is 6.78. The lowest BCUT2D eigenvalue weighted by Crippen LogP contribution is -3.10. The fraction of sp³-hybridized carbons (Fsp3) is 0.545. The second-order valence-corrected chi connectivity index (χ2v) is 8.66. The minimum atomic E-state index is -0.122. The summed E-state index contributed by atoms with van der Waals surface area (Å²) < 4.78 is 2.04. The topological polar surface area (TPSA) is 80.9 Å². The third kappa shape index (κ3) is 3.37. The van der Waals surface area contributed by atoms with E-state index in [2.05, 4.69) is 32.6 Å². The molecular formula is C22H29N6O+. The van der Waals surface area contributed by atoms with Crippen LogP contribution in [0.2, 0.25) is 0 Å². The number of tetrazole rings is 1. The molecule has 2 aliphatic rings. The van der Waals surface area contributed by atoms with E-state index in [0.717, 1.165) is 53.8 Å². The summed E-state index contributed by atoms with van der Waals surface area (Å²) in [5.74, 6) is 0.853. The van der Waals surface area contributed by atoms with E-state index in [1.54, 1.807) is 0 Å². The number of fused-ring (bicyclic) bond motifs is 1. The number of quaternary nitrogens is 1. The molecule has 1 atom stereocenters. The summed E-state index contributed by atoms with van der Waals surface area (Å²) in [4.78, 5) is 17.8. The Kier molecular flexibility index (Phi) is 4.91. The molecule has 1 aliphatic carbocycles. The molecule has 2 N–H and O–H groups in total. The van der Waals surface area contributed by atoms with E-state index in [4.69, 9.17) is 0 Å². The van der Waals surface area contributed by atoms with Gasteiger partial charge in [-0.25, -0.2) is 4.68 Å². The normalized spacial score (nSPS) is 19.8. The summed E-state index contributed by atoms with van der Waals surface area (Å²) in [5.41, 5.74) is 2.77. The Morgan fingerprint density at radius 3 is 2.72 bits per heavy atom. The van der Waals surface area contributed by atoms with Crippen molar-refractivity contribution < 1.29 is 4.90 Å². The van der Waals surface area contributed by atoms with E-state index in [1.165, 1.54) is 37.0 Å². The molecule has 29 heavy (non-hydrogen) atoms. The molecule has 0 amide bonds. The average molecular weight is 394 g/mol. The Hall–Kier alpha value is -2.54. The molecule has 5 rings (SSSR count). The SMILES string of the molecule is Cc1cccc2cc([C@@H](c3nnnn3C3CCCCC3)[NH+]3CCCC3)c(=O)[nH]c12. The van der Waals surface area contributed by atoms with Crippen molar-refractivity contribution in [2.45, 2.75) is 64.0 Å². The van der Waals surface area contributed by atoms with E-state index in [1.807, 2.05) is 23.7 Å². The summed E-state index contributed by atoms with van der Waals surface area (Å²) in [6.07, 6.45) is 8.34. The van der Waals surface area contributed by atoms with Gasteiger partial charge in [-0.05, 0) is 47.2 Å². The van der Waals surface area contributed by atoms with Crippen LogP contribution in [0.5, 0.6) is 0 Å². The average Bonchev–Trinajstić information content (AvgIpc) is 3.43. The van der Waals surface area contributed by atoms with Crippen LogP contribution in [0.15, 0.2) is 29.1 Å². The van der Waals surface area contributed by atoms with Gasteiger partial charge in [0, 0.05) is 12.8 Å². The maximum atomic E-state index is 13.2. The number of aromatic amines is 1. The predicted molar refractivity (Wildman–Crippen MR) is 111 cm³/mol. The molecule has 0 radical (unpaired) electrons. The minimum absolute atomic E-state index is 0.0191. The first-order valence-electron chi connectivity index (χ1n) is 11.0. The smallest absolute Gasteiger partial charge is 0.258 e. The standard InChI is InChI=1S/C22H28N6O/c1-15-8-7-9-16-14-18(22(29)23-19(15)16)20(27-12-5-6-13-27)21-24-25-26-28(21)17-10-3-2-4-11-17/h7-9,14,17,20H,2-6,10-13H2,1H3,(H,23,29)/p+1/t20-/m0/s1. The number of likely N-dealkylation sites (tertiary alicyclic amines) is 1. The molecule has 2 fully saturated rings. The Morgan fingerprint density at radius 1 is 1.14 bits per heavy atom. The molecule has 152 valence electrons. The molecule has 2 aromatic heterocycles. The zero-order valence-corrected chi connectivity index (χ0v) is 17.0. The first-order chi connectivity index (χ1) is 14.2. The molecular weight excluding hydrogens is 364 g/mol. The molecule has 7 nitrogen and oxygen atoms in total. The Labute approximate surface area is 170 Å². The lowest BCUT2D eigenvalue weighted by molar-refractivity contribution is -0.914. The van der Waals surface area contributed by atoms with Crippen molar-refractivity contribution in [2.75, 3.05) is 13.1 Å². The number of rotatable bonds is 4. The van der Waals surface area contributed by atoms with Gasteiger partial charge in [-0.3, -0.25) is 4.79 Å². The van der Waals surface area contributed by atoms with Gasteiger partial charge in [0.2, 0.25) is 5.82 Å². The summed E-state index contributed by atoms with van der Waals surface area (Å²) in [5, 5.41) is 14.0. The number of H-pyrrole nitrogens is 1. The van der Waals surface area contributed by atoms with Crippen molar-refractivity contribution in [3.63, 3.8) is 0 Å². The van der Waals surface area contributed by atoms with E-state index in [0.29, 0.717) is 6.04 Å². The Morgan fingerprint density at radius 2 is 1.93 bits per heavy atom. The van der Waals surface area contributed by atoms with Crippen LogP contribution in [0, 0.1) is 6.92 Å². The first kappa shape index (κ1) is 18.5. The molecule has 1 saturated heterocycles. The predicted octanol–water partition coefficient (Wildman–Crippen LogP) is 2.10. The molecule has 0 spiro atoms. The molecule has 1 aliphatic heterocycles. The number of aryl methyl sites for hydroxylation is 1. The molecule has 0 bridgehead atoms. The van der Waals surface area contributed by atoms with Gasteiger partial charge in [0.15, 0.2) is 6.04 Å². The lowest BCUT2D eigenvalue weighted by Gasteiger charge is -2.27. The molecule has 0 unspecified atom stereocenters. The summed E-state index contributed by atoms with van der Waals surface area (Å²) in [7, 11) is 0. The monoisotopic (exact) mass is 393 g/mol. The van der Waals surface area contributed by atoms with Gasteiger partial charge in [-0.2, -0.15) is 0 Å². The van der Waals surface area contributed by atoms with Crippen molar-refractivity contribution in [3.8, 4) is 0 Å². The maximum absolute atomic E-state index is 13.2. The van der Waals surface area contributed by atoms with E-state index < -0.39 is 0 Å². The minimum Gasteiger partial charge on any atom is -0.322 e. The quantitative estimate of drug-likeness (QED) is 0.711. The number of hydrogen-bond acceptors (Lipinski definition) is 4. The zero-order valence-electron chi connectivity index (χ0n) is 17.0. The molecule has 7 heteroatoms. The zero-order chi connectivity index (χ0) is 19.8. The maximum Gasteiger partial charge on any atom is 0.258 e. The second kappa shape index (κ2) is 7.71. The molecule has 3 heterocycles. The van der Waals surface area contributed by atoms with Crippen LogP contribution in [-0.4, -0.2) is 38.3 Å². The summed E-state index contributed by atoms with van der Waals surface area (Å²) in [6.45, 7) is 4.13. The fourth-order valence-corrected chi connectivity index (χ4v) is 5.25. The fourth-order valence-electron chi connectivity index (χ4n) is 5.25. The van der Waals surface area contributed by atoms with Crippen LogP contribution >= 0.6 is 0 Å². The van der Waals surface area contributed by atoms with Gasteiger partial charge in [-0.1, -0.05) is 37.5 Å². The van der Waals surface area contributed by atoms with Crippen molar-refractivity contribution >= 4 is 10.9 Å². The number of hydrogen-bond donors (Lipinski definition) is 2. The van der Waals surface area contributed by atoms with Crippen LogP contribution in [0.1, 0.15) is 74.0 Å². The largest absolute Gasteiger partial charge is 0.322 e. The number of nitrogens with zero attached hydrogens (tertiary/aromatic N) is 4. The van der Waals surface area contributed by atoms with Crippen molar-refractivity contribution in [2.24, 2.45) is 0 Å². The van der Waals surface area contributed by atoms with E-state index in [-0.39, 0.29) is 11.6 Å². The second-order valence-electron chi connectivity index (χ2n) is 8.66. The Bertz CT molecular complexity index is 1060. The third-order valence-corrected chi connectivity index (χ3v) is 6.78. The van der Waals surface area contributed by atoms with Gasteiger partial charge in [0.1, 0.15) is 0 Å². The number of pyridine rings is 1. The number of benzene rings is 1. The number of para-hydroxylation sites is 1. The van der Waals surface area contributed by atoms with Crippen LogP contribution in [0.25, 0.3) is 10.9 Å². The highest BCUT2D eigenvalue weighted by atomic mass is 16.1. The molecule has 3 aromatic rings. The van der Waals surface area contributed by atoms with Gasteiger partial charge in [0.05, 0.1) is 30.2 Å². The van der Waals surface area contributed by atoms with Crippen LogP contribution in [0.4, 0.5) is 0 Å². The highest BCUT2D eigenvalue weighted by Gasteiger charge is 2.37. The van der Waals surface area contributed by atoms with Gasteiger partial charge in [-0.15, -0.1) is 5.10 Å². The summed E-state index contributed by atoms with van der Waals surface area (Å²) >= 11 is 0. The first-order valence-corrected chi connectivity index (χ1v) is 11.0. The highest BCUT2D eigenvalue weighted by molar-refractivity contribution is 5.82. The van der Waals surface area contributed by atoms with Gasteiger partial charge < -0.3 is 9.88 Å².